The van der Waals surface area contributed by atoms with E-state index in [1.807, 2.05) is 48.5 Å². The number of carbonyl (C=O) groups excluding carboxylic acids is 3. The number of aryl methyl sites for hydroxylation is 1. The first-order chi connectivity index (χ1) is 15.9. The summed E-state index contributed by atoms with van der Waals surface area (Å²) in [5.41, 5.74) is 1.96. The highest BCUT2D eigenvalue weighted by atomic mass is 35.5. The van der Waals surface area contributed by atoms with Crippen LogP contribution in [0.15, 0.2) is 48.5 Å². The number of imide groups is 1. The van der Waals surface area contributed by atoms with Gasteiger partial charge in [-0.2, -0.15) is 0 Å². The number of nitrogens with one attached hydrogen (secondary N) is 1. The maximum atomic E-state index is 13.3. The van der Waals surface area contributed by atoms with Crippen LogP contribution in [0.4, 0.5) is 4.79 Å². The quantitative estimate of drug-likeness (QED) is 0.703. The molecule has 4 amide bonds. The third-order valence-electron chi connectivity index (χ3n) is 7.29. The van der Waals surface area contributed by atoms with E-state index in [0.29, 0.717) is 32.6 Å². The summed E-state index contributed by atoms with van der Waals surface area (Å²) in [6, 6.07) is 15.2. The predicted octanol–water partition coefficient (Wildman–Crippen LogP) is 2.94. The van der Waals surface area contributed by atoms with Crippen LogP contribution in [0.2, 0.25) is 5.02 Å². The lowest BCUT2D eigenvalue weighted by Crippen LogP contribution is -2.52. The highest BCUT2D eigenvalue weighted by Gasteiger charge is 2.55. The van der Waals surface area contributed by atoms with Crippen LogP contribution >= 0.6 is 11.6 Å². The summed E-state index contributed by atoms with van der Waals surface area (Å²) < 4.78 is 0. The molecule has 1 N–H and O–H groups in total. The third-order valence-corrected chi connectivity index (χ3v) is 7.63. The highest BCUT2D eigenvalue weighted by Crippen LogP contribution is 2.41. The molecule has 1 spiro atoms. The topological polar surface area (TPSA) is 73.0 Å². The van der Waals surface area contributed by atoms with Crippen molar-refractivity contribution in [2.45, 2.75) is 31.3 Å². The Morgan fingerprint density at radius 3 is 2.52 bits per heavy atom. The SMILES string of the molecule is CC(c1ccccc1Cl)N1CCN(C(=O)CN2C(=O)NC3(CCc4ccccc43)C2=O)CC1. The third kappa shape index (κ3) is 3.69. The predicted molar refractivity (Wildman–Crippen MR) is 125 cm³/mol. The number of urea groups is 1. The van der Waals surface area contributed by atoms with Crippen molar-refractivity contribution in [2.75, 3.05) is 32.7 Å². The van der Waals surface area contributed by atoms with Crippen molar-refractivity contribution in [1.29, 1.82) is 0 Å². The minimum atomic E-state index is -1.03. The minimum Gasteiger partial charge on any atom is -0.339 e. The van der Waals surface area contributed by atoms with Crippen molar-refractivity contribution < 1.29 is 14.4 Å². The van der Waals surface area contributed by atoms with Gasteiger partial charge in [-0.05, 0) is 42.5 Å². The van der Waals surface area contributed by atoms with Crippen LogP contribution in [0.25, 0.3) is 0 Å². The molecule has 2 heterocycles. The Kier molecular flexibility index (Phi) is 5.62. The van der Waals surface area contributed by atoms with Gasteiger partial charge in [0.25, 0.3) is 5.91 Å². The molecule has 2 saturated heterocycles. The number of hydrogen-bond donors (Lipinski definition) is 1. The summed E-state index contributed by atoms with van der Waals surface area (Å²) in [6.07, 6.45) is 1.26. The second kappa shape index (κ2) is 8.47. The average Bonchev–Trinajstić information content (AvgIpc) is 3.32. The van der Waals surface area contributed by atoms with E-state index in [1.165, 1.54) is 0 Å². The van der Waals surface area contributed by atoms with Crippen LogP contribution < -0.4 is 5.32 Å². The molecule has 0 saturated carbocycles. The van der Waals surface area contributed by atoms with Gasteiger partial charge in [-0.25, -0.2) is 4.79 Å². The molecule has 8 heteroatoms. The van der Waals surface area contributed by atoms with Gasteiger partial charge in [0, 0.05) is 37.2 Å². The van der Waals surface area contributed by atoms with Crippen molar-refractivity contribution in [3.8, 4) is 0 Å². The fraction of sp³-hybridized carbons (Fsp3) is 0.400. The Morgan fingerprint density at radius 2 is 1.76 bits per heavy atom. The minimum absolute atomic E-state index is 0.143. The molecule has 172 valence electrons. The molecule has 0 bridgehead atoms. The summed E-state index contributed by atoms with van der Waals surface area (Å²) in [4.78, 5) is 44.1. The number of hydrogen-bond acceptors (Lipinski definition) is 4. The molecule has 2 atom stereocenters. The first kappa shape index (κ1) is 21.9. The smallest absolute Gasteiger partial charge is 0.325 e. The maximum absolute atomic E-state index is 13.3. The van der Waals surface area contributed by atoms with E-state index >= 15 is 0 Å². The zero-order chi connectivity index (χ0) is 23.2. The van der Waals surface area contributed by atoms with Gasteiger partial charge < -0.3 is 10.2 Å². The summed E-state index contributed by atoms with van der Waals surface area (Å²) in [7, 11) is 0. The number of rotatable bonds is 4. The Morgan fingerprint density at radius 1 is 1.06 bits per heavy atom. The Labute approximate surface area is 198 Å². The van der Waals surface area contributed by atoms with Crippen molar-refractivity contribution in [3.05, 3.63) is 70.2 Å². The summed E-state index contributed by atoms with van der Waals surface area (Å²) in [5.74, 6) is -0.524. The van der Waals surface area contributed by atoms with Crippen LogP contribution in [-0.4, -0.2) is 65.3 Å². The molecule has 2 unspecified atom stereocenters. The van der Waals surface area contributed by atoms with Crippen LogP contribution in [0.3, 0.4) is 0 Å². The molecule has 2 fully saturated rings. The fourth-order valence-electron chi connectivity index (χ4n) is 5.34. The molecule has 2 aromatic rings. The van der Waals surface area contributed by atoms with Crippen LogP contribution in [0, 0.1) is 0 Å². The van der Waals surface area contributed by atoms with Gasteiger partial charge >= 0.3 is 6.03 Å². The van der Waals surface area contributed by atoms with Gasteiger partial charge in [0.2, 0.25) is 5.91 Å². The Bertz CT molecular complexity index is 1110. The zero-order valence-electron chi connectivity index (χ0n) is 18.6. The summed E-state index contributed by atoms with van der Waals surface area (Å²) >= 11 is 6.36. The number of piperazine rings is 1. The van der Waals surface area contributed by atoms with Gasteiger partial charge in [0.1, 0.15) is 12.1 Å². The summed E-state index contributed by atoms with van der Waals surface area (Å²) in [5, 5.41) is 3.63. The van der Waals surface area contributed by atoms with E-state index in [1.54, 1.807) is 4.90 Å². The number of benzene rings is 2. The number of carbonyl (C=O) groups is 3. The first-order valence-electron chi connectivity index (χ1n) is 11.4. The Balaban J connectivity index is 1.22. The Hall–Kier alpha value is -2.90. The van der Waals surface area contributed by atoms with Crippen molar-refractivity contribution >= 4 is 29.4 Å². The van der Waals surface area contributed by atoms with Gasteiger partial charge in [-0.1, -0.05) is 54.1 Å². The maximum Gasteiger partial charge on any atom is 0.325 e. The molecule has 0 aromatic heterocycles. The standard InChI is InChI=1S/C25H27ClN4O3/c1-17(19-7-3-5-9-21(19)26)28-12-14-29(15-13-28)22(31)16-30-23(32)25(27-24(30)33)11-10-18-6-2-4-8-20(18)25/h2-9,17H,10-16H2,1H3,(H,27,33). The van der Waals surface area contributed by atoms with Crippen molar-refractivity contribution in [2.24, 2.45) is 0 Å². The largest absolute Gasteiger partial charge is 0.339 e. The molecule has 2 aliphatic heterocycles. The van der Waals surface area contributed by atoms with Crippen molar-refractivity contribution in [3.63, 3.8) is 0 Å². The van der Waals surface area contributed by atoms with E-state index < -0.39 is 11.6 Å². The van der Waals surface area contributed by atoms with Gasteiger partial charge in [-0.3, -0.25) is 19.4 Å². The van der Waals surface area contributed by atoms with E-state index in [4.69, 9.17) is 11.6 Å². The first-order valence-corrected chi connectivity index (χ1v) is 11.8. The highest BCUT2D eigenvalue weighted by molar-refractivity contribution is 6.31. The van der Waals surface area contributed by atoms with Gasteiger partial charge in [0.05, 0.1) is 0 Å². The number of halogens is 1. The lowest BCUT2D eigenvalue weighted by atomic mass is 9.92. The fourth-order valence-corrected chi connectivity index (χ4v) is 5.63. The molecule has 2 aromatic carbocycles. The molecular formula is C25H27ClN4O3. The average molecular weight is 467 g/mol. The lowest BCUT2D eigenvalue weighted by molar-refractivity contribution is -0.140. The van der Waals surface area contributed by atoms with E-state index in [2.05, 4.69) is 17.1 Å². The molecule has 1 aliphatic carbocycles. The van der Waals surface area contributed by atoms with E-state index in [-0.39, 0.29) is 24.4 Å². The molecule has 5 rings (SSSR count). The van der Waals surface area contributed by atoms with Crippen LogP contribution in [0.1, 0.15) is 36.1 Å². The number of amides is 4. The normalized spacial score (nSPS) is 23.7. The summed E-state index contributed by atoms with van der Waals surface area (Å²) in [6.45, 7) is 4.39. The second-order valence-electron chi connectivity index (χ2n) is 9.00. The van der Waals surface area contributed by atoms with Gasteiger partial charge in [-0.15, -0.1) is 0 Å². The molecule has 3 aliphatic rings. The second-order valence-corrected chi connectivity index (χ2v) is 9.41. The van der Waals surface area contributed by atoms with Crippen molar-refractivity contribution in [1.82, 2.24) is 20.0 Å². The molecule has 0 radical (unpaired) electrons. The molecule has 33 heavy (non-hydrogen) atoms. The van der Waals surface area contributed by atoms with Crippen LogP contribution in [0.5, 0.6) is 0 Å². The number of nitrogens with zero attached hydrogens (tertiary/aromatic N) is 3. The van der Waals surface area contributed by atoms with Crippen LogP contribution in [-0.2, 0) is 21.5 Å². The lowest BCUT2D eigenvalue weighted by Gasteiger charge is -2.38. The number of fused-ring (bicyclic) bond motifs is 2. The zero-order valence-corrected chi connectivity index (χ0v) is 19.3. The van der Waals surface area contributed by atoms with Gasteiger partial charge in [0.15, 0.2) is 0 Å². The monoisotopic (exact) mass is 466 g/mol. The molecule has 7 nitrogen and oxygen atoms in total. The van der Waals surface area contributed by atoms with E-state index in [0.717, 1.165) is 33.0 Å². The van der Waals surface area contributed by atoms with E-state index in [9.17, 15) is 14.4 Å². The molecular weight excluding hydrogens is 440 g/mol.